The summed E-state index contributed by atoms with van der Waals surface area (Å²) in [5, 5.41) is 10.2. The molecule has 0 N–H and O–H groups in total. The highest BCUT2D eigenvalue weighted by molar-refractivity contribution is 7.98. The monoisotopic (exact) mass is 413 g/mol. The lowest BCUT2D eigenvalue weighted by molar-refractivity contribution is 0.394. The molecule has 28 heavy (non-hydrogen) atoms. The van der Waals surface area contributed by atoms with Crippen LogP contribution in [0, 0.1) is 0 Å². The number of hydrogen-bond donors (Lipinski definition) is 0. The van der Waals surface area contributed by atoms with Crippen molar-refractivity contribution in [1.82, 2.24) is 15.2 Å². The summed E-state index contributed by atoms with van der Waals surface area (Å²) >= 11 is 7.72. The van der Waals surface area contributed by atoms with Crippen LogP contribution in [0.1, 0.15) is 5.56 Å². The van der Waals surface area contributed by atoms with Crippen molar-refractivity contribution in [1.29, 1.82) is 0 Å². The van der Waals surface area contributed by atoms with Crippen molar-refractivity contribution in [3.05, 3.63) is 59.2 Å². The van der Waals surface area contributed by atoms with E-state index >= 15 is 0 Å². The van der Waals surface area contributed by atoms with Gasteiger partial charge in [-0.05, 0) is 24.3 Å². The topological polar surface area (TPSA) is 70.3 Å². The van der Waals surface area contributed by atoms with Gasteiger partial charge in [0.15, 0.2) is 0 Å². The quantitative estimate of drug-likeness (QED) is 0.316. The number of halogens is 1. The minimum absolute atomic E-state index is 0.391. The molecule has 6 nitrogen and oxygen atoms in total. The summed E-state index contributed by atoms with van der Waals surface area (Å²) in [6, 6.07) is 15.3. The molecule has 4 rings (SSSR count). The average Bonchev–Trinajstić information content (AvgIpc) is 3.21. The normalized spacial score (nSPS) is 11.0. The number of pyridine rings is 1. The Morgan fingerprint density at radius 2 is 1.75 bits per heavy atom. The standard InChI is InChI=1S/C20H16ClN3O3S/c1-25-15-8-13(9-16(10-15)26-2)19-23-24-20(27-19)28-11-14-7-12-5-3-4-6-17(12)22-18(14)21/h3-10H,11H2,1-2H3. The summed E-state index contributed by atoms with van der Waals surface area (Å²) in [5.74, 6) is 2.26. The molecule has 0 bridgehead atoms. The summed E-state index contributed by atoms with van der Waals surface area (Å²) in [6.45, 7) is 0. The van der Waals surface area contributed by atoms with E-state index in [0.29, 0.717) is 33.5 Å². The molecule has 0 aliphatic carbocycles. The number of ether oxygens (including phenoxy) is 2. The van der Waals surface area contributed by atoms with Gasteiger partial charge in [-0.25, -0.2) is 4.98 Å². The van der Waals surface area contributed by atoms with E-state index in [9.17, 15) is 0 Å². The van der Waals surface area contributed by atoms with Gasteiger partial charge < -0.3 is 13.9 Å². The van der Waals surface area contributed by atoms with Gasteiger partial charge in [0.2, 0.25) is 5.89 Å². The van der Waals surface area contributed by atoms with Gasteiger partial charge in [0.05, 0.1) is 19.7 Å². The number of thioether (sulfide) groups is 1. The Morgan fingerprint density at radius 1 is 1.00 bits per heavy atom. The van der Waals surface area contributed by atoms with Gasteiger partial charge in [-0.1, -0.05) is 41.6 Å². The van der Waals surface area contributed by atoms with Gasteiger partial charge in [0.25, 0.3) is 5.22 Å². The van der Waals surface area contributed by atoms with Crippen LogP contribution in [0.5, 0.6) is 11.5 Å². The average molecular weight is 414 g/mol. The van der Waals surface area contributed by atoms with Crippen LogP contribution < -0.4 is 9.47 Å². The second-order valence-corrected chi connectivity index (χ2v) is 7.18. The minimum Gasteiger partial charge on any atom is -0.497 e. The Labute approximate surface area is 170 Å². The second-order valence-electron chi connectivity index (χ2n) is 5.89. The van der Waals surface area contributed by atoms with Crippen LogP contribution in [0.25, 0.3) is 22.4 Å². The Bertz CT molecular complexity index is 1110. The molecule has 0 aliphatic rings. The lowest BCUT2D eigenvalue weighted by Crippen LogP contribution is -1.88. The molecule has 0 saturated carbocycles. The summed E-state index contributed by atoms with van der Waals surface area (Å²) in [7, 11) is 3.18. The van der Waals surface area contributed by atoms with Crippen LogP contribution in [-0.4, -0.2) is 29.4 Å². The third-order valence-electron chi connectivity index (χ3n) is 4.11. The molecule has 0 amide bonds. The molecule has 2 heterocycles. The molecule has 0 fully saturated rings. The van der Waals surface area contributed by atoms with Gasteiger partial charge in [-0.15, -0.1) is 10.2 Å². The fraction of sp³-hybridized carbons (Fsp3) is 0.150. The smallest absolute Gasteiger partial charge is 0.277 e. The first-order chi connectivity index (χ1) is 13.7. The maximum absolute atomic E-state index is 6.32. The summed E-state index contributed by atoms with van der Waals surface area (Å²) in [5.41, 5.74) is 2.50. The summed E-state index contributed by atoms with van der Waals surface area (Å²) in [4.78, 5) is 4.44. The van der Waals surface area contributed by atoms with Crippen molar-refractivity contribution in [3.8, 4) is 23.0 Å². The van der Waals surface area contributed by atoms with Gasteiger partial charge in [0.1, 0.15) is 16.7 Å². The zero-order chi connectivity index (χ0) is 19.5. The predicted molar refractivity (Wildman–Crippen MR) is 109 cm³/mol. The molecule has 0 aliphatic heterocycles. The molecular formula is C20H16ClN3O3S. The maximum atomic E-state index is 6.32. The number of rotatable bonds is 6. The zero-order valence-electron chi connectivity index (χ0n) is 15.2. The molecule has 8 heteroatoms. The highest BCUT2D eigenvalue weighted by Gasteiger charge is 2.13. The molecule has 2 aromatic carbocycles. The van der Waals surface area contributed by atoms with Crippen molar-refractivity contribution in [2.75, 3.05) is 14.2 Å². The number of hydrogen-bond acceptors (Lipinski definition) is 7. The van der Waals surface area contributed by atoms with Gasteiger partial charge >= 0.3 is 0 Å². The highest BCUT2D eigenvalue weighted by Crippen LogP contribution is 2.32. The Hall–Kier alpha value is -2.77. The third kappa shape index (κ3) is 3.90. The highest BCUT2D eigenvalue weighted by atomic mass is 35.5. The number of nitrogens with zero attached hydrogens (tertiary/aromatic N) is 3. The summed E-state index contributed by atoms with van der Waals surface area (Å²) in [6.07, 6.45) is 0. The SMILES string of the molecule is COc1cc(OC)cc(-c2nnc(SCc3cc4ccccc4nc3Cl)o2)c1. The van der Waals surface area contributed by atoms with Crippen LogP contribution in [0.3, 0.4) is 0 Å². The van der Waals surface area contributed by atoms with Crippen molar-refractivity contribution < 1.29 is 13.9 Å². The number of aromatic nitrogens is 3. The fourth-order valence-corrected chi connectivity index (χ4v) is 3.72. The lowest BCUT2D eigenvalue weighted by atomic mass is 10.2. The molecule has 0 spiro atoms. The second kappa shape index (κ2) is 8.08. The molecular weight excluding hydrogens is 398 g/mol. The molecule has 0 radical (unpaired) electrons. The van der Waals surface area contributed by atoms with Gasteiger partial charge in [0, 0.05) is 28.3 Å². The van der Waals surface area contributed by atoms with E-state index in [0.717, 1.165) is 22.0 Å². The van der Waals surface area contributed by atoms with E-state index in [-0.39, 0.29) is 0 Å². The minimum atomic E-state index is 0.391. The Balaban J connectivity index is 1.54. The van der Waals surface area contributed by atoms with Crippen molar-refractivity contribution >= 4 is 34.3 Å². The van der Waals surface area contributed by atoms with E-state index < -0.39 is 0 Å². The molecule has 2 aromatic heterocycles. The first kappa shape index (κ1) is 18.6. The third-order valence-corrected chi connectivity index (χ3v) is 5.30. The van der Waals surface area contributed by atoms with Crippen molar-refractivity contribution in [2.45, 2.75) is 11.0 Å². The maximum Gasteiger partial charge on any atom is 0.277 e. The summed E-state index contributed by atoms with van der Waals surface area (Å²) < 4.78 is 16.3. The van der Waals surface area contributed by atoms with Crippen LogP contribution in [0.2, 0.25) is 5.15 Å². The van der Waals surface area contributed by atoms with E-state index in [1.54, 1.807) is 20.3 Å². The molecule has 0 atom stereocenters. The van der Waals surface area contributed by atoms with Crippen molar-refractivity contribution in [2.24, 2.45) is 0 Å². The number of methoxy groups -OCH3 is 2. The van der Waals surface area contributed by atoms with Gasteiger partial charge in [-0.3, -0.25) is 0 Å². The predicted octanol–water partition coefficient (Wildman–Crippen LogP) is 5.25. The first-order valence-electron chi connectivity index (χ1n) is 8.40. The molecule has 0 saturated heterocycles. The zero-order valence-corrected chi connectivity index (χ0v) is 16.8. The van der Waals surface area contributed by atoms with Crippen molar-refractivity contribution in [3.63, 3.8) is 0 Å². The van der Waals surface area contributed by atoms with E-state index in [4.69, 9.17) is 25.5 Å². The van der Waals surface area contributed by atoms with Crippen LogP contribution >= 0.6 is 23.4 Å². The fourth-order valence-electron chi connectivity index (χ4n) is 2.69. The number of benzene rings is 2. The lowest BCUT2D eigenvalue weighted by Gasteiger charge is -2.06. The molecule has 4 aromatic rings. The van der Waals surface area contributed by atoms with E-state index in [1.807, 2.05) is 42.5 Å². The molecule has 142 valence electrons. The molecule has 0 unspecified atom stereocenters. The number of para-hydroxylation sites is 1. The van der Waals surface area contributed by atoms with E-state index in [1.165, 1.54) is 11.8 Å². The van der Waals surface area contributed by atoms with Crippen LogP contribution in [0.4, 0.5) is 0 Å². The largest absolute Gasteiger partial charge is 0.497 e. The van der Waals surface area contributed by atoms with E-state index in [2.05, 4.69) is 15.2 Å². The van der Waals surface area contributed by atoms with Crippen LogP contribution in [-0.2, 0) is 5.75 Å². The van der Waals surface area contributed by atoms with Crippen LogP contribution in [0.15, 0.2) is 58.2 Å². The first-order valence-corrected chi connectivity index (χ1v) is 9.76. The van der Waals surface area contributed by atoms with Gasteiger partial charge in [-0.2, -0.15) is 0 Å². The number of fused-ring (bicyclic) bond motifs is 1. The Morgan fingerprint density at radius 3 is 2.50 bits per heavy atom. The Kier molecular flexibility index (Phi) is 5.36.